The quantitative estimate of drug-likeness (QED) is 0.512. The first-order valence-electron chi connectivity index (χ1n) is 10.6. The Morgan fingerprint density at radius 1 is 1.06 bits per heavy atom. The maximum absolute atomic E-state index is 13.0. The molecule has 5 rings (SSSR count). The number of fused-ring (bicyclic) bond motifs is 2. The van der Waals surface area contributed by atoms with E-state index in [1.54, 1.807) is 0 Å². The van der Waals surface area contributed by atoms with Gasteiger partial charge in [-0.3, -0.25) is 0 Å². The molecule has 3 aromatic rings. The number of rotatable bonds is 7. The first-order valence-corrected chi connectivity index (χ1v) is 13.0. The number of nitrogens with zero attached hydrogens (tertiary/aromatic N) is 1. The molecule has 2 aliphatic heterocycles. The number of hydrogen-bond donors (Lipinski definition) is 0. The fourth-order valence-corrected chi connectivity index (χ4v) is 6.77. The predicted molar refractivity (Wildman–Crippen MR) is 120 cm³/mol. The minimum atomic E-state index is -3.56. The summed E-state index contributed by atoms with van der Waals surface area (Å²) in [5, 5.41) is 0. The molecule has 0 amide bonds. The lowest BCUT2D eigenvalue weighted by Gasteiger charge is -2.26. The highest BCUT2D eigenvalue weighted by molar-refractivity contribution is 7.93. The van der Waals surface area contributed by atoms with Crippen molar-refractivity contribution in [2.75, 3.05) is 5.75 Å². The molecule has 2 fully saturated rings. The van der Waals surface area contributed by atoms with E-state index in [9.17, 15) is 8.42 Å². The van der Waals surface area contributed by atoms with Crippen LogP contribution in [0.5, 0.6) is 0 Å². The molecule has 0 saturated carbocycles. The molecule has 0 radical (unpaired) electrons. The van der Waals surface area contributed by atoms with Gasteiger partial charge in [0.15, 0.2) is 12.1 Å². The molecule has 4 atom stereocenters. The highest BCUT2D eigenvalue weighted by Crippen LogP contribution is 2.40. The van der Waals surface area contributed by atoms with Crippen LogP contribution in [0, 0.1) is 0 Å². The normalized spacial score (nSPS) is 27.1. The Kier molecular flexibility index (Phi) is 5.81. The minimum absolute atomic E-state index is 0.0917. The number of thiazole rings is 1. The molecule has 9 heteroatoms. The third-order valence-electron chi connectivity index (χ3n) is 5.58. The Hall–Kier alpha value is -1.88. The summed E-state index contributed by atoms with van der Waals surface area (Å²) in [4.78, 5) is 4.31. The van der Waals surface area contributed by atoms with Gasteiger partial charge in [-0.2, -0.15) is 0 Å². The van der Waals surface area contributed by atoms with Crippen LogP contribution in [0.1, 0.15) is 25.8 Å². The van der Waals surface area contributed by atoms with Crippen LogP contribution in [0.3, 0.4) is 0 Å². The molecule has 32 heavy (non-hydrogen) atoms. The van der Waals surface area contributed by atoms with Crippen molar-refractivity contribution in [2.45, 2.75) is 61.6 Å². The van der Waals surface area contributed by atoms with Crippen molar-refractivity contribution in [1.29, 1.82) is 0 Å². The second kappa shape index (κ2) is 8.48. The Labute approximate surface area is 191 Å². The van der Waals surface area contributed by atoms with Crippen molar-refractivity contribution in [3.05, 3.63) is 60.2 Å². The van der Waals surface area contributed by atoms with Crippen molar-refractivity contribution in [3.63, 3.8) is 0 Å². The fourth-order valence-electron chi connectivity index (χ4n) is 4.09. The van der Waals surface area contributed by atoms with Crippen molar-refractivity contribution < 1.29 is 27.4 Å². The average Bonchev–Trinajstić information content (AvgIpc) is 3.42. The standard InChI is InChI=1S/C23H25NO6S2/c1-23(2)29-20-19(27-14-15-8-4-3-5-9-15)17(28-21(20)30-23)12-13-32(25,26)22-24-16-10-6-7-11-18(16)31-22/h3-11,17,19-21H,12-14H2,1-2H3/t17-,19+,20-,21-/m1/s1. The number of sulfone groups is 1. The average molecular weight is 476 g/mol. The molecule has 2 saturated heterocycles. The van der Waals surface area contributed by atoms with Gasteiger partial charge < -0.3 is 18.9 Å². The summed E-state index contributed by atoms with van der Waals surface area (Å²) in [5.74, 6) is -0.868. The lowest BCUT2D eigenvalue weighted by molar-refractivity contribution is -0.219. The zero-order valence-electron chi connectivity index (χ0n) is 17.8. The molecule has 170 valence electrons. The van der Waals surface area contributed by atoms with E-state index in [1.807, 2.05) is 68.4 Å². The van der Waals surface area contributed by atoms with E-state index in [1.165, 1.54) is 11.3 Å². The first kappa shape index (κ1) is 21.9. The van der Waals surface area contributed by atoms with Gasteiger partial charge in [-0.15, -0.1) is 11.3 Å². The Morgan fingerprint density at radius 2 is 1.81 bits per heavy atom. The predicted octanol–water partition coefficient (Wildman–Crippen LogP) is 3.92. The number of aromatic nitrogens is 1. The van der Waals surface area contributed by atoms with Crippen LogP contribution in [0.2, 0.25) is 0 Å². The molecular weight excluding hydrogens is 450 g/mol. The first-order chi connectivity index (χ1) is 15.3. The molecule has 1 aromatic heterocycles. The van der Waals surface area contributed by atoms with Gasteiger partial charge in [0.2, 0.25) is 14.2 Å². The largest absolute Gasteiger partial charge is 0.368 e. The van der Waals surface area contributed by atoms with Gasteiger partial charge in [0.1, 0.15) is 12.2 Å². The summed E-state index contributed by atoms with van der Waals surface area (Å²) in [7, 11) is -3.56. The minimum Gasteiger partial charge on any atom is -0.368 e. The molecule has 0 unspecified atom stereocenters. The summed E-state index contributed by atoms with van der Waals surface area (Å²) in [6, 6.07) is 17.2. The number of para-hydroxylation sites is 1. The van der Waals surface area contributed by atoms with E-state index in [2.05, 4.69) is 4.98 Å². The van der Waals surface area contributed by atoms with Gasteiger partial charge >= 0.3 is 0 Å². The number of benzene rings is 2. The number of hydrogen-bond acceptors (Lipinski definition) is 8. The molecule has 0 spiro atoms. The Bertz CT molecular complexity index is 1160. The monoisotopic (exact) mass is 475 g/mol. The van der Waals surface area contributed by atoms with E-state index < -0.39 is 40.2 Å². The Balaban J connectivity index is 1.30. The SMILES string of the molecule is CC1(C)O[C@H]2O[C@H](CCS(=O)(=O)c3nc4ccccc4s3)[C@H](OCc3ccccc3)[C@H]2O1. The van der Waals surface area contributed by atoms with Gasteiger partial charge in [-0.25, -0.2) is 13.4 Å². The fraction of sp³-hybridized carbons (Fsp3) is 0.435. The molecule has 0 N–H and O–H groups in total. The summed E-state index contributed by atoms with van der Waals surface area (Å²) >= 11 is 1.19. The Morgan fingerprint density at radius 3 is 2.59 bits per heavy atom. The van der Waals surface area contributed by atoms with Gasteiger partial charge in [0, 0.05) is 0 Å². The lowest BCUT2D eigenvalue weighted by atomic mass is 10.1. The molecule has 2 aromatic carbocycles. The summed E-state index contributed by atoms with van der Waals surface area (Å²) in [5.41, 5.74) is 1.71. The highest BCUT2D eigenvalue weighted by Gasteiger charge is 2.55. The second-order valence-electron chi connectivity index (χ2n) is 8.46. The summed E-state index contributed by atoms with van der Waals surface area (Å²) in [6.07, 6.45) is -1.64. The van der Waals surface area contributed by atoms with E-state index in [-0.39, 0.29) is 16.5 Å². The van der Waals surface area contributed by atoms with Crippen molar-refractivity contribution in [3.8, 4) is 0 Å². The van der Waals surface area contributed by atoms with Crippen LogP contribution >= 0.6 is 11.3 Å². The van der Waals surface area contributed by atoms with Crippen molar-refractivity contribution in [1.82, 2.24) is 4.98 Å². The van der Waals surface area contributed by atoms with Crippen LogP contribution in [-0.4, -0.2) is 49.5 Å². The van der Waals surface area contributed by atoms with Crippen molar-refractivity contribution >= 4 is 31.4 Å². The van der Waals surface area contributed by atoms with E-state index in [0.717, 1.165) is 10.3 Å². The smallest absolute Gasteiger partial charge is 0.210 e. The summed E-state index contributed by atoms with van der Waals surface area (Å²) < 4.78 is 51.1. The maximum Gasteiger partial charge on any atom is 0.210 e. The van der Waals surface area contributed by atoms with Crippen LogP contribution in [0.4, 0.5) is 0 Å². The van der Waals surface area contributed by atoms with Crippen LogP contribution in [-0.2, 0) is 35.4 Å². The van der Waals surface area contributed by atoms with Crippen LogP contribution in [0.15, 0.2) is 58.9 Å². The molecule has 7 nitrogen and oxygen atoms in total. The highest BCUT2D eigenvalue weighted by atomic mass is 32.2. The third-order valence-corrected chi connectivity index (χ3v) is 8.82. The van der Waals surface area contributed by atoms with Gasteiger partial charge in [-0.1, -0.05) is 42.5 Å². The molecule has 3 heterocycles. The number of ether oxygens (including phenoxy) is 4. The second-order valence-corrected chi connectivity index (χ2v) is 11.8. The van der Waals surface area contributed by atoms with Crippen molar-refractivity contribution in [2.24, 2.45) is 0 Å². The zero-order valence-corrected chi connectivity index (χ0v) is 19.5. The van der Waals surface area contributed by atoms with Crippen LogP contribution < -0.4 is 0 Å². The summed E-state index contributed by atoms with van der Waals surface area (Å²) in [6.45, 7) is 4.04. The van der Waals surface area contributed by atoms with E-state index in [0.29, 0.717) is 12.1 Å². The lowest BCUT2D eigenvalue weighted by Crippen LogP contribution is -2.37. The van der Waals surface area contributed by atoms with E-state index in [4.69, 9.17) is 18.9 Å². The molecular formula is C23H25NO6S2. The van der Waals surface area contributed by atoms with Gasteiger partial charge in [0.05, 0.1) is 28.7 Å². The zero-order chi connectivity index (χ0) is 22.3. The van der Waals surface area contributed by atoms with Gasteiger partial charge in [0.25, 0.3) is 0 Å². The van der Waals surface area contributed by atoms with Gasteiger partial charge in [-0.05, 0) is 38.0 Å². The maximum atomic E-state index is 13.0. The van der Waals surface area contributed by atoms with E-state index >= 15 is 0 Å². The topological polar surface area (TPSA) is 84.0 Å². The molecule has 2 aliphatic rings. The molecule has 0 bridgehead atoms. The third kappa shape index (κ3) is 4.46. The molecule has 0 aliphatic carbocycles. The van der Waals surface area contributed by atoms with Crippen LogP contribution in [0.25, 0.3) is 10.2 Å².